The molecule has 0 radical (unpaired) electrons. The Bertz CT molecular complexity index is 1150. The third kappa shape index (κ3) is 6.06. The number of anilines is 1. The maximum atomic E-state index is 13.4. The number of carbonyl (C=O) groups excluding carboxylic acids is 3. The van der Waals surface area contributed by atoms with Crippen molar-refractivity contribution in [2.45, 2.75) is 31.3 Å². The van der Waals surface area contributed by atoms with Gasteiger partial charge in [-0.2, -0.15) is 0 Å². The van der Waals surface area contributed by atoms with Gasteiger partial charge in [-0.15, -0.1) is 0 Å². The van der Waals surface area contributed by atoms with E-state index in [1.807, 2.05) is 36.4 Å². The van der Waals surface area contributed by atoms with Crippen LogP contribution in [0, 0.1) is 0 Å². The van der Waals surface area contributed by atoms with E-state index in [0.29, 0.717) is 30.0 Å². The number of nitrogens with one attached hydrogen (secondary N) is 2. The van der Waals surface area contributed by atoms with Crippen LogP contribution in [0.3, 0.4) is 0 Å². The predicted octanol–water partition coefficient (Wildman–Crippen LogP) is 4.19. The summed E-state index contributed by atoms with van der Waals surface area (Å²) in [5, 5.41) is 5.90. The monoisotopic (exact) mass is 471 g/mol. The minimum absolute atomic E-state index is 0.0644. The first-order valence-corrected chi connectivity index (χ1v) is 11.7. The molecule has 0 spiro atoms. The van der Waals surface area contributed by atoms with E-state index in [1.54, 1.807) is 60.5 Å². The van der Waals surface area contributed by atoms with Gasteiger partial charge in [-0.3, -0.25) is 14.4 Å². The van der Waals surface area contributed by atoms with Crippen molar-refractivity contribution >= 4 is 23.4 Å². The van der Waals surface area contributed by atoms with E-state index in [0.717, 1.165) is 12.0 Å². The molecule has 180 valence electrons. The summed E-state index contributed by atoms with van der Waals surface area (Å²) in [5.74, 6) is 0.0674. The Kier molecular flexibility index (Phi) is 7.77. The van der Waals surface area contributed by atoms with Crippen molar-refractivity contribution < 1.29 is 19.1 Å². The van der Waals surface area contributed by atoms with Crippen molar-refractivity contribution in [3.05, 3.63) is 96.1 Å². The van der Waals surface area contributed by atoms with Crippen LogP contribution in [0.5, 0.6) is 5.75 Å². The molecule has 0 bridgehead atoms. The van der Waals surface area contributed by atoms with Gasteiger partial charge in [0, 0.05) is 17.8 Å². The van der Waals surface area contributed by atoms with Gasteiger partial charge >= 0.3 is 0 Å². The summed E-state index contributed by atoms with van der Waals surface area (Å²) >= 11 is 0. The molecule has 0 aromatic heterocycles. The molecule has 2 unspecified atom stereocenters. The van der Waals surface area contributed by atoms with E-state index in [-0.39, 0.29) is 24.1 Å². The molecule has 1 aliphatic rings. The Morgan fingerprint density at radius 1 is 0.943 bits per heavy atom. The molecule has 7 heteroatoms. The number of hydrogen-bond donors (Lipinski definition) is 2. The molecule has 4 rings (SSSR count). The minimum atomic E-state index is -0.550. The molecule has 3 aromatic carbocycles. The minimum Gasteiger partial charge on any atom is -0.497 e. The fourth-order valence-corrected chi connectivity index (χ4v) is 4.30. The Morgan fingerprint density at radius 2 is 1.60 bits per heavy atom. The van der Waals surface area contributed by atoms with Crippen LogP contribution in [-0.2, 0) is 9.59 Å². The molecule has 1 heterocycles. The number of nitrogens with zero attached hydrogens (tertiary/aromatic N) is 1. The Labute approximate surface area is 205 Å². The van der Waals surface area contributed by atoms with Gasteiger partial charge in [-0.25, -0.2) is 0 Å². The number of amides is 3. The zero-order chi connectivity index (χ0) is 24.6. The maximum absolute atomic E-state index is 13.4. The molecular weight excluding hydrogens is 442 g/mol. The van der Waals surface area contributed by atoms with E-state index in [2.05, 4.69) is 10.6 Å². The second-order valence-corrected chi connectivity index (χ2v) is 8.47. The quantitative estimate of drug-likeness (QED) is 0.516. The van der Waals surface area contributed by atoms with Crippen LogP contribution in [0.1, 0.15) is 41.2 Å². The fraction of sp³-hybridized carbons (Fsp3) is 0.250. The topological polar surface area (TPSA) is 87.7 Å². The van der Waals surface area contributed by atoms with E-state index in [9.17, 15) is 14.4 Å². The first-order valence-electron chi connectivity index (χ1n) is 11.7. The van der Waals surface area contributed by atoms with Crippen molar-refractivity contribution in [1.29, 1.82) is 0 Å². The van der Waals surface area contributed by atoms with Crippen LogP contribution in [0.4, 0.5) is 5.69 Å². The lowest BCUT2D eigenvalue weighted by molar-refractivity contribution is -0.137. The Balaban J connectivity index is 1.46. The number of rotatable bonds is 8. The molecule has 1 fully saturated rings. The highest BCUT2D eigenvalue weighted by molar-refractivity contribution is 5.98. The van der Waals surface area contributed by atoms with Crippen LogP contribution in [0.15, 0.2) is 84.9 Å². The van der Waals surface area contributed by atoms with Crippen molar-refractivity contribution in [2.24, 2.45) is 0 Å². The van der Waals surface area contributed by atoms with E-state index in [1.165, 1.54) is 0 Å². The van der Waals surface area contributed by atoms with Crippen LogP contribution in [-0.4, -0.2) is 42.3 Å². The summed E-state index contributed by atoms with van der Waals surface area (Å²) in [6, 6.07) is 24.4. The van der Waals surface area contributed by atoms with E-state index >= 15 is 0 Å². The lowest BCUT2D eigenvalue weighted by Crippen LogP contribution is -2.44. The van der Waals surface area contributed by atoms with Crippen molar-refractivity contribution in [2.75, 3.05) is 19.0 Å². The SMILES string of the molecule is COc1ccc(NC(=O)C2CCCN2C(=O)CC(NC(=O)c2ccccc2)c2ccccc2)cc1. The van der Waals surface area contributed by atoms with Gasteiger partial charge in [0.2, 0.25) is 11.8 Å². The summed E-state index contributed by atoms with van der Waals surface area (Å²) in [5.41, 5.74) is 2.01. The van der Waals surface area contributed by atoms with Crippen molar-refractivity contribution in [1.82, 2.24) is 10.2 Å². The summed E-state index contributed by atoms with van der Waals surface area (Å²) < 4.78 is 5.16. The van der Waals surface area contributed by atoms with Crippen molar-refractivity contribution in [3.63, 3.8) is 0 Å². The highest BCUT2D eigenvalue weighted by atomic mass is 16.5. The molecule has 2 N–H and O–H groups in total. The third-order valence-corrected chi connectivity index (χ3v) is 6.16. The summed E-state index contributed by atoms with van der Waals surface area (Å²) in [7, 11) is 1.58. The van der Waals surface area contributed by atoms with Gasteiger partial charge in [0.15, 0.2) is 0 Å². The average Bonchev–Trinajstić information content (AvgIpc) is 3.40. The van der Waals surface area contributed by atoms with Gasteiger partial charge in [-0.1, -0.05) is 48.5 Å². The number of likely N-dealkylation sites (tertiary alicyclic amines) is 1. The fourth-order valence-electron chi connectivity index (χ4n) is 4.30. The highest BCUT2D eigenvalue weighted by Crippen LogP contribution is 2.25. The first-order chi connectivity index (χ1) is 17.0. The molecule has 7 nitrogen and oxygen atoms in total. The number of hydrogen-bond acceptors (Lipinski definition) is 4. The molecule has 0 saturated carbocycles. The Hall–Kier alpha value is -4.13. The van der Waals surface area contributed by atoms with E-state index in [4.69, 9.17) is 4.74 Å². The molecule has 2 atom stereocenters. The molecule has 3 amide bonds. The van der Waals surface area contributed by atoms with Gasteiger partial charge in [-0.05, 0) is 54.8 Å². The zero-order valence-corrected chi connectivity index (χ0v) is 19.6. The second kappa shape index (κ2) is 11.3. The molecule has 35 heavy (non-hydrogen) atoms. The predicted molar refractivity (Wildman–Crippen MR) is 134 cm³/mol. The van der Waals surface area contributed by atoms with E-state index < -0.39 is 12.1 Å². The lowest BCUT2D eigenvalue weighted by atomic mass is 10.0. The highest BCUT2D eigenvalue weighted by Gasteiger charge is 2.35. The Morgan fingerprint density at radius 3 is 2.26 bits per heavy atom. The summed E-state index contributed by atoms with van der Waals surface area (Å²) in [6.07, 6.45) is 1.41. The zero-order valence-electron chi connectivity index (χ0n) is 19.6. The molecule has 1 aliphatic heterocycles. The molecule has 1 saturated heterocycles. The number of carbonyl (C=O) groups is 3. The summed E-state index contributed by atoms with van der Waals surface area (Å²) in [4.78, 5) is 40.8. The molecular formula is C28H29N3O4. The number of benzene rings is 3. The van der Waals surface area contributed by atoms with Crippen LogP contribution < -0.4 is 15.4 Å². The first kappa shape index (κ1) is 24.0. The number of methoxy groups -OCH3 is 1. The molecule has 0 aliphatic carbocycles. The van der Waals surface area contributed by atoms with Crippen LogP contribution in [0.2, 0.25) is 0 Å². The van der Waals surface area contributed by atoms with Crippen LogP contribution >= 0.6 is 0 Å². The second-order valence-electron chi connectivity index (χ2n) is 8.47. The largest absolute Gasteiger partial charge is 0.497 e. The van der Waals surface area contributed by atoms with Gasteiger partial charge in [0.1, 0.15) is 11.8 Å². The normalized spacial score (nSPS) is 15.8. The summed E-state index contributed by atoms with van der Waals surface area (Å²) in [6.45, 7) is 0.508. The molecule has 3 aromatic rings. The lowest BCUT2D eigenvalue weighted by Gasteiger charge is -2.27. The smallest absolute Gasteiger partial charge is 0.251 e. The van der Waals surface area contributed by atoms with Crippen LogP contribution in [0.25, 0.3) is 0 Å². The van der Waals surface area contributed by atoms with Gasteiger partial charge in [0.05, 0.1) is 19.6 Å². The maximum Gasteiger partial charge on any atom is 0.251 e. The van der Waals surface area contributed by atoms with Gasteiger partial charge in [0.25, 0.3) is 5.91 Å². The number of ether oxygens (including phenoxy) is 1. The third-order valence-electron chi connectivity index (χ3n) is 6.16. The van der Waals surface area contributed by atoms with Crippen molar-refractivity contribution in [3.8, 4) is 5.75 Å². The average molecular weight is 472 g/mol. The van der Waals surface area contributed by atoms with Gasteiger partial charge < -0.3 is 20.3 Å². The standard InChI is InChI=1S/C28H29N3O4/c1-35-23-16-14-22(15-17-23)29-28(34)25-13-8-18-31(25)26(32)19-24(20-9-4-2-5-10-20)30-27(33)21-11-6-3-7-12-21/h2-7,9-12,14-17,24-25H,8,13,18-19H2,1H3,(H,29,34)(H,30,33).